The average Bonchev–Trinajstić information content (AvgIpc) is 2.69. The summed E-state index contributed by atoms with van der Waals surface area (Å²) in [5.74, 6) is 0. The second-order valence-electron chi connectivity index (χ2n) is 6.25. The van der Waals surface area contributed by atoms with Crippen molar-refractivity contribution < 1.29 is 8.42 Å². The molecule has 146 valence electrons. The summed E-state index contributed by atoms with van der Waals surface area (Å²) in [4.78, 5) is 29.9. The number of nitrogens with one attached hydrogen (secondary N) is 1. The Morgan fingerprint density at radius 2 is 1.96 bits per heavy atom. The van der Waals surface area contributed by atoms with Gasteiger partial charge >= 0.3 is 5.69 Å². The summed E-state index contributed by atoms with van der Waals surface area (Å²) in [6.45, 7) is 4.01. The standard InChI is InChI=1S/C19H20N4O4S/c1-3-10-23(11-9-14-7-5-4-6-8-14)28(26,27)15-12-16-17(20-13-15)22(2)19(25)21-18(16)24/h3-8,12-13H,1,9-11H2,2H3,(H,21,24,25). The van der Waals surface area contributed by atoms with Crippen molar-refractivity contribution in [2.24, 2.45) is 7.05 Å². The third kappa shape index (κ3) is 3.80. The molecule has 0 aliphatic heterocycles. The van der Waals surface area contributed by atoms with Crippen LogP contribution >= 0.6 is 0 Å². The molecule has 0 spiro atoms. The van der Waals surface area contributed by atoms with Gasteiger partial charge in [0.2, 0.25) is 10.0 Å². The lowest BCUT2D eigenvalue weighted by molar-refractivity contribution is 0.445. The Hall–Kier alpha value is -3.04. The fraction of sp³-hybridized carbons (Fsp3) is 0.211. The molecule has 28 heavy (non-hydrogen) atoms. The number of rotatable bonds is 7. The zero-order valence-electron chi connectivity index (χ0n) is 15.3. The minimum absolute atomic E-state index is 0.0322. The molecule has 2 heterocycles. The molecule has 0 fully saturated rings. The number of pyridine rings is 1. The molecule has 3 aromatic rings. The van der Waals surface area contributed by atoms with E-state index in [1.54, 1.807) is 0 Å². The van der Waals surface area contributed by atoms with E-state index >= 15 is 0 Å². The summed E-state index contributed by atoms with van der Waals surface area (Å²) in [5, 5.41) is 0.0322. The zero-order chi connectivity index (χ0) is 20.3. The van der Waals surface area contributed by atoms with Gasteiger partial charge in [-0.05, 0) is 18.1 Å². The Bertz CT molecular complexity index is 1230. The van der Waals surface area contributed by atoms with Gasteiger partial charge in [-0.15, -0.1) is 6.58 Å². The summed E-state index contributed by atoms with van der Waals surface area (Å²) < 4.78 is 28.7. The number of hydrogen-bond acceptors (Lipinski definition) is 5. The first-order valence-electron chi connectivity index (χ1n) is 8.58. The van der Waals surface area contributed by atoms with E-state index in [0.29, 0.717) is 6.42 Å². The molecule has 0 bridgehead atoms. The fourth-order valence-corrected chi connectivity index (χ4v) is 4.24. The molecule has 0 aliphatic rings. The minimum Gasteiger partial charge on any atom is -0.281 e. The molecule has 1 aromatic carbocycles. The van der Waals surface area contributed by atoms with Gasteiger partial charge in [-0.3, -0.25) is 14.3 Å². The number of aryl methyl sites for hydroxylation is 1. The summed E-state index contributed by atoms with van der Waals surface area (Å²) in [6.07, 6.45) is 3.20. The molecule has 2 aromatic heterocycles. The third-order valence-corrected chi connectivity index (χ3v) is 6.22. The number of sulfonamides is 1. The number of hydrogen-bond donors (Lipinski definition) is 1. The van der Waals surface area contributed by atoms with Gasteiger partial charge in [-0.1, -0.05) is 36.4 Å². The van der Waals surface area contributed by atoms with Crippen LogP contribution in [-0.4, -0.2) is 40.3 Å². The molecule has 0 unspecified atom stereocenters. The quantitative estimate of drug-likeness (QED) is 0.597. The summed E-state index contributed by atoms with van der Waals surface area (Å²) in [7, 11) is -2.46. The smallest absolute Gasteiger partial charge is 0.281 e. The highest BCUT2D eigenvalue weighted by molar-refractivity contribution is 7.89. The maximum atomic E-state index is 13.1. The Morgan fingerprint density at radius 1 is 1.25 bits per heavy atom. The van der Waals surface area contributed by atoms with Gasteiger partial charge < -0.3 is 0 Å². The van der Waals surface area contributed by atoms with Gasteiger partial charge in [-0.2, -0.15) is 4.31 Å². The van der Waals surface area contributed by atoms with E-state index in [-0.39, 0.29) is 29.0 Å². The zero-order valence-corrected chi connectivity index (χ0v) is 16.1. The molecule has 0 radical (unpaired) electrons. The molecule has 8 nitrogen and oxygen atoms in total. The van der Waals surface area contributed by atoms with Crippen molar-refractivity contribution in [3.05, 3.63) is 81.7 Å². The Kier molecular flexibility index (Phi) is 5.57. The number of fused-ring (bicyclic) bond motifs is 1. The van der Waals surface area contributed by atoms with Gasteiger partial charge in [-0.25, -0.2) is 18.2 Å². The van der Waals surface area contributed by atoms with Gasteiger partial charge in [0.25, 0.3) is 5.56 Å². The Morgan fingerprint density at radius 3 is 2.64 bits per heavy atom. The number of aromatic amines is 1. The summed E-state index contributed by atoms with van der Waals surface area (Å²) >= 11 is 0. The van der Waals surface area contributed by atoms with E-state index in [1.165, 1.54) is 23.5 Å². The van der Waals surface area contributed by atoms with Gasteiger partial charge in [0, 0.05) is 26.3 Å². The van der Waals surface area contributed by atoms with Crippen LogP contribution in [0.15, 0.2) is 69.7 Å². The minimum atomic E-state index is -3.91. The fourth-order valence-electron chi connectivity index (χ4n) is 2.86. The van der Waals surface area contributed by atoms with E-state index < -0.39 is 21.3 Å². The lowest BCUT2D eigenvalue weighted by Crippen LogP contribution is -2.34. The molecular formula is C19H20N4O4S. The molecule has 0 atom stereocenters. The van der Waals surface area contributed by atoms with E-state index in [1.807, 2.05) is 30.3 Å². The molecule has 0 aliphatic carbocycles. The number of benzene rings is 1. The van der Waals surface area contributed by atoms with E-state index in [9.17, 15) is 18.0 Å². The number of aromatic nitrogens is 3. The van der Waals surface area contributed by atoms with Gasteiger partial charge in [0.05, 0.1) is 5.39 Å². The molecule has 0 saturated carbocycles. The van der Waals surface area contributed by atoms with Gasteiger partial charge in [0.15, 0.2) is 0 Å². The maximum absolute atomic E-state index is 13.1. The maximum Gasteiger partial charge on any atom is 0.329 e. The first kappa shape index (κ1) is 19.7. The molecule has 0 saturated heterocycles. The van der Waals surface area contributed by atoms with Crippen molar-refractivity contribution in [3.8, 4) is 0 Å². The second kappa shape index (κ2) is 7.91. The van der Waals surface area contributed by atoms with Gasteiger partial charge in [0.1, 0.15) is 10.5 Å². The van der Waals surface area contributed by atoms with Crippen molar-refractivity contribution in [2.45, 2.75) is 11.3 Å². The van der Waals surface area contributed by atoms with E-state index in [4.69, 9.17) is 0 Å². The van der Waals surface area contributed by atoms with Crippen LogP contribution < -0.4 is 11.2 Å². The van der Waals surface area contributed by atoms with Crippen LogP contribution in [0.1, 0.15) is 5.56 Å². The van der Waals surface area contributed by atoms with Crippen LogP contribution in [0.5, 0.6) is 0 Å². The van der Waals surface area contributed by atoms with Crippen LogP contribution in [0.4, 0.5) is 0 Å². The highest BCUT2D eigenvalue weighted by Gasteiger charge is 2.25. The Labute approximate surface area is 161 Å². The summed E-state index contributed by atoms with van der Waals surface area (Å²) in [6, 6.07) is 10.8. The average molecular weight is 400 g/mol. The van der Waals surface area contributed by atoms with Crippen molar-refractivity contribution in [3.63, 3.8) is 0 Å². The van der Waals surface area contributed by atoms with Crippen LogP contribution in [-0.2, 0) is 23.5 Å². The van der Waals surface area contributed by atoms with Crippen molar-refractivity contribution in [2.75, 3.05) is 13.1 Å². The predicted octanol–water partition coefficient (Wildman–Crippen LogP) is 1.04. The number of H-pyrrole nitrogens is 1. The van der Waals surface area contributed by atoms with Crippen LogP contribution in [0, 0.1) is 0 Å². The van der Waals surface area contributed by atoms with Crippen LogP contribution in [0.3, 0.4) is 0 Å². The molecular weight excluding hydrogens is 380 g/mol. The topological polar surface area (TPSA) is 105 Å². The number of nitrogens with zero attached hydrogens (tertiary/aromatic N) is 3. The molecule has 3 rings (SSSR count). The monoisotopic (exact) mass is 400 g/mol. The SMILES string of the molecule is C=CCN(CCc1ccccc1)S(=O)(=O)c1cnc2c(c1)c(=O)[nH]c(=O)n2C. The Balaban J connectivity index is 2.00. The largest absolute Gasteiger partial charge is 0.329 e. The third-order valence-electron chi connectivity index (χ3n) is 4.39. The van der Waals surface area contributed by atoms with Crippen molar-refractivity contribution >= 4 is 21.1 Å². The molecule has 0 amide bonds. The van der Waals surface area contributed by atoms with Crippen molar-refractivity contribution in [1.82, 2.24) is 18.8 Å². The van der Waals surface area contributed by atoms with Crippen molar-refractivity contribution in [1.29, 1.82) is 0 Å². The normalized spacial score (nSPS) is 11.8. The van der Waals surface area contributed by atoms with E-state index in [2.05, 4.69) is 16.5 Å². The first-order chi connectivity index (χ1) is 13.3. The van der Waals surface area contributed by atoms with E-state index in [0.717, 1.165) is 16.3 Å². The second-order valence-corrected chi connectivity index (χ2v) is 8.19. The van der Waals surface area contributed by atoms with Crippen LogP contribution in [0.25, 0.3) is 11.0 Å². The molecule has 9 heteroatoms. The molecule has 1 N–H and O–H groups in total. The lowest BCUT2D eigenvalue weighted by Gasteiger charge is -2.21. The highest BCUT2D eigenvalue weighted by atomic mass is 32.2. The predicted molar refractivity (Wildman–Crippen MR) is 107 cm³/mol. The lowest BCUT2D eigenvalue weighted by atomic mass is 10.1. The summed E-state index contributed by atoms with van der Waals surface area (Å²) in [5.41, 5.74) is -0.166. The highest BCUT2D eigenvalue weighted by Crippen LogP contribution is 2.18. The van der Waals surface area contributed by atoms with Crippen LogP contribution in [0.2, 0.25) is 0 Å². The first-order valence-corrected chi connectivity index (χ1v) is 10.0.